The third-order valence-corrected chi connectivity index (χ3v) is 2.63. The smallest absolute Gasteiger partial charge is 0.141 e. The number of rotatable bonds is 4. The Morgan fingerprint density at radius 1 is 1.56 bits per heavy atom. The molecule has 1 unspecified atom stereocenters. The van der Waals surface area contributed by atoms with Crippen LogP contribution in [-0.4, -0.2) is 35.5 Å². The van der Waals surface area contributed by atoms with Gasteiger partial charge in [0.15, 0.2) is 0 Å². The van der Waals surface area contributed by atoms with Crippen LogP contribution in [0.1, 0.15) is 12.0 Å². The van der Waals surface area contributed by atoms with Gasteiger partial charge in [-0.2, -0.15) is 0 Å². The van der Waals surface area contributed by atoms with E-state index < -0.39 is 5.60 Å². The Balaban J connectivity index is 1.79. The zero-order chi connectivity index (χ0) is 11.4. The molecule has 0 aliphatic carbocycles. The summed E-state index contributed by atoms with van der Waals surface area (Å²) in [7, 11) is 0. The van der Waals surface area contributed by atoms with Gasteiger partial charge in [-0.15, -0.1) is 0 Å². The van der Waals surface area contributed by atoms with Crippen molar-refractivity contribution in [3.63, 3.8) is 0 Å². The number of nitrogens with one attached hydrogen (secondary N) is 1. The summed E-state index contributed by atoms with van der Waals surface area (Å²) in [5.74, 6) is -0.345. The second kappa shape index (κ2) is 4.86. The first-order valence-electron chi connectivity index (χ1n) is 5.28. The molecular formula is C11H15FN2O2. The normalized spacial score (nSPS) is 24.9. The summed E-state index contributed by atoms with van der Waals surface area (Å²) >= 11 is 0. The van der Waals surface area contributed by atoms with Gasteiger partial charge in [0.2, 0.25) is 0 Å². The van der Waals surface area contributed by atoms with Gasteiger partial charge in [0.1, 0.15) is 11.4 Å². The van der Waals surface area contributed by atoms with E-state index in [1.807, 2.05) is 0 Å². The summed E-state index contributed by atoms with van der Waals surface area (Å²) in [6.45, 7) is 1.90. The number of ether oxygens (including phenoxy) is 1. The Morgan fingerprint density at radius 2 is 2.44 bits per heavy atom. The number of hydrogen-bond acceptors (Lipinski definition) is 4. The van der Waals surface area contributed by atoms with E-state index in [1.165, 1.54) is 12.3 Å². The number of aliphatic hydroxyl groups is 1. The van der Waals surface area contributed by atoms with Crippen molar-refractivity contribution in [1.82, 2.24) is 10.3 Å². The van der Waals surface area contributed by atoms with Crippen LogP contribution in [0.4, 0.5) is 4.39 Å². The molecule has 0 radical (unpaired) electrons. The van der Waals surface area contributed by atoms with Gasteiger partial charge < -0.3 is 15.2 Å². The number of nitrogens with zero attached hydrogens (tertiary/aromatic N) is 1. The van der Waals surface area contributed by atoms with Crippen molar-refractivity contribution in [2.24, 2.45) is 0 Å². The maximum Gasteiger partial charge on any atom is 0.141 e. The van der Waals surface area contributed by atoms with Crippen molar-refractivity contribution in [2.75, 3.05) is 19.8 Å². The van der Waals surface area contributed by atoms with Crippen molar-refractivity contribution >= 4 is 0 Å². The topological polar surface area (TPSA) is 54.4 Å². The lowest BCUT2D eigenvalue weighted by atomic mass is 10.0. The molecular weight excluding hydrogens is 211 g/mol. The Morgan fingerprint density at radius 3 is 3.12 bits per heavy atom. The molecule has 0 spiro atoms. The molecule has 5 heteroatoms. The lowest BCUT2D eigenvalue weighted by Crippen LogP contribution is -2.40. The second-order valence-corrected chi connectivity index (χ2v) is 4.14. The van der Waals surface area contributed by atoms with Gasteiger partial charge in [-0.05, 0) is 11.6 Å². The molecule has 0 aromatic carbocycles. The molecule has 1 aromatic heterocycles. The minimum Gasteiger partial charge on any atom is -0.386 e. The quantitative estimate of drug-likeness (QED) is 0.783. The van der Waals surface area contributed by atoms with E-state index in [-0.39, 0.29) is 5.82 Å². The zero-order valence-corrected chi connectivity index (χ0v) is 8.95. The molecule has 1 saturated heterocycles. The van der Waals surface area contributed by atoms with E-state index in [9.17, 15) is 9.50 Å². The SMILES string of the molecule is OC1(CNCc2cncc(F)c2)CCOC1. The van der Waals surface area contributed by atoms with Crippen LogP contribution < -0.4 is 5.32 Å². The number of hydrogen-bond donors (Lipinski definition) is 2. The van der Waals surface area contributed by atoms with Crippen molar-refractivity contribution in [2.45, 2.75) is 18.6 Å². The van der Waals surface area contributed by atoms with E-state index in [1.54, 1.807) is 6.20 Å². The van der Waals surface area contributed by atoms with Crippen LogP contribution in [-0.2, 0) is 11.3 Å². The van der Waals surface area contributed by atoms with Crippen molar-refractivity contribution in [1.29, 1.82) is 0 Å². The molecule has 2 N–H and O–H groups in total. The van der Waals surface area contributed by atoms with Crippen LogP contribution >= 0.6 is 0 Å². The minimum atomic E-state index is -0.777. The molecule has 0 amide bonds. The summed E-state index contributed by atoms with van der Waals surface area (Å²) in [6.07, 6.45) is 3.41. The molecule has 4 nitrogen and oxygen atoms in total. The molecule has 1 aliphatic heterocycles. The molecule has 0 bridgehead atoms. The third-order valence-electron chi connectivity index (χ3n) is 2.63. The highest BCUT2D eigenvalue weighted by Crippen LogP contribution is 2.17. The van der Waals surface area contributed by atoms with Gasteiger partial charge in [-0.1, -0.05) is 0 Å². The monoisotopic (exact) mass is 226 g/mol. The Hall–Kier alpha value is -1.04. The van der Waals surface area contributed by atoms with Crippen LogP contribution in [0.5, 0.6) is 0 Å². The predicted molar refractivity (Wildman–Crippen MR) is 56.3 cm³/mol. The van der Waals surface area contributed by atoms with Gasteiger partial charge in [0.05, 0.1) is 12.8 Å². The molecule has 1 fully saturated rings. The van der Waals surface area contributed by atoms with Crippen molar-refractivity contribution in [3.8, 4) is 0 Å². The average molecular weight is 226 g/mol. The van der Waals surface area contributed by atoms with Crippen LogP contribution in [0.25, 0.3) is 0 Å². The van der Waals surface area contributed by atoms with Crippen LogP contribution in [0.15, 0.2) is 18.5 Å². The Kier molecular flexibility index (Phi) is 3.48. The molecule has 2 heterocycles. The maximum absolute atomic E-state index is 12.8. The molecule has 1 aliphatic rings. The average Bonchev–Trinajstić information content (AvgIpc) is 2.65. The van der Waals surface area contributed by atoms with E-state index in [0.29, 0.717) is 32.7 Å². The minimum absolute atomic E-state index is 0.345. The van der Waals surface area contributed by atoms with Crippen molar-refractivity contribution in [3.05, 3.63) is 29.8 Å². The zero-order valence-electron chi connectivity index (χ0n) is 8.95. The summed E-state index contributed by atoms with van der Waals surface area (Å²) in [5, 5.41) is 13.0. The molecule has 88 valence electrons. The van der Waals surface area contributed by atoms with Gasteiger partial charge in [0.25, 0.3) is 0 Å². The number of pyridine rings is 1. The molecule has 1 aromatic rings. The number of aromatic nitrogens is 1. The summed E-state index contributed by atoms with van der Waals surface area (Å²) in [5.41, 5.74) is -0.0108. The van der Waals surface area contributed by atoms with Crippen LogP contribution in [0.2, 0.25) is 0 Å². The maximum atomic E-state index is 12.8. The highest BCUT2D eigenvalue weighted by molar-refractivity contribution is 5.09. The first-order valence-corrected chi connectivity index (χ1v) is 5.28. The fourth-order valence-corrected chi connectivity index (χ4v) is 1.73. The molecule has 0 saturated carbocycles. The fraction of sp³-hybridized carbons (Fsp3) is 0.545. The van der Waals surface area contributed by atoms with E-state index in [0.717, 1.165) is 5.56 Å². The van der Waals surface area contributed by atoms with E-state index in [4.69, 9.17) is 4.74 Å². The Labute approximate surface area is 93.5 Å². The lowest BCUT2D eigenvalue weighted by molar-refractivity contribution is 0.0268. The van der Waals surface area contributed by atoms with E-state index in [2.05, 4.69) is 10.3 Å². The molecule has 1 atom stereocenters. The second-order valence-electron chi connectivity index (χ2n) is 4.14. The first-order chi connectivity index (χ1) is 7.68. The van der Waals surface area contributed by atoms with Crippen molar-refractivity contribution < 1.29 is 14.2 Å². The van der Waals surface area contributed by atoms with Gasteiger partial charge in [0, 0.05) is 32.3 Å². The van der Waals surface area contributed by atoms with Gasteiger partial charge >= 0.3 is 0 Å². The summed E-state index contributed by atoms with van der Waals surface area (Å²) in [4.78, 5) is 3.75. The highest BCUT2D eigenvalue weighted by Gasteiger charge is 2.31. The Bertz CT molecular complexity index is 354. The molecule has 2 rings (SSSR count). The predicted octanol–water partition coefficient (Wildman–Crippen LogP) is 0.462. The lowest BCUT2D eigenvalue weighted by Gasteiger charge is -2.20. The summed E-state index contributed by atoms with van der Waals surface area (Å²) in [6, 6.07) is 1.43. The standard InChI is InChI=1S/C11H15FN2O2/c12-10-3-9(4-13-6-10)5-14-7-11(15)1-2-16-8-11/h3-4,6,14-15H,1-2,5,7-8H2. The van der Waals surface area contributed by atoms with Crippen LogP contribution in [0.3, 0.4) is 0 Å². The van der Waals surface area contributed by atoms with E-state index >= 15 is 0 Å². The largest absolute Gasteiger partial charge is 0.386 e. The summed E-state index contributed by atoms with van der Waals surface area (Å²) < 4.78 is 17.9. The third kappa shape index (κ3) is 2.98. The van der Waals surface area contributed by atoms with Crippen LogP contribution in [0, 0.1) is 5.82 Å². The number of halogens is 1. The highest BCUT2D eigenvalue weighted by atomic mass is 19.1. The fourth-order valence-electron chi connectivity index (χ4n) is 1.73. The van der Waals surface area contributed by atoms with Gasteiger partial charge in [-0.3, -0.25) is 4.98 Å². The first kappa shape index (κ1) is 11.4. The molecule has 16 heavy (non-hydrogen) atoms. The van der Waals surface area contributed by atoms with Gasteiger partial charge in [-0.25, -0.2) is 4.39 Å².